The molecular formula is C43H47N9O10S2. The fraction of sp³-hybridized carbons (Fsp3) is 0.186. The Balaban J connectivity index is 1.22. The molecule has 0 amide bonds. The smallest absolute Gasteiger partial charge is 0.295 e. The Morgan fingerprint density at radius 2 is 1.12 bits per heavy atom. The summed E-state index contributed by atoms with van der Waals surface area (Å²) in [6.45, 7) is -0.255. The van der Waals surface area contributed by atoms with Gasteiger partial charge in [0.25, 0.3) is 20.2 Å². The third-order valence-electron chi connectivity index (χ3n) is 9.35. The van der Waals surface area contributed by atoms with Crippen molar-refractivity contribution >= 4 is 84.1 Å². The maximum Gasteiger partial charge on any atom is 0.295 e. The number of rotatable bonds is 22. The summed E-state index contributed by atoms with van der Waals surface area (Å²) in [5.74, 6) is 0.275. The van der Waals surface area contributed by atoms with Gasteiger partial charge >= 0.3 is 0 Å². The average Bonchev–Trinajstić information content (AvgIpc) is 3.26. The van der Waals surface area contributed by atoms with Gasteiger partial charge in [0, 0.05) is 59.4 Å². The van der Waals surface area contributed by atoms with Crippen LogP contribution in [0.15, 0.2) is 125 Å². The van der Waals surface area contributed by atoms with E-state index in [2.05, 4.69) is 41.5 Å². The summed E-state index contributed by atoms with van der Waals surface area (Å²) >= 11 is 0. The zero-order chi connectivity index (χ0) is 45.7. The molecule has 0 radical (unpaired) electrons. The second kappa shape index (κ2) is 21.7. The number of anilines is 9. The molecule has 0 aliphatic heterocycles. The zero-order valence-corrected chi connectivity index (χ0v) is 35.7. The van der Waals surface area contributed by atoms with E-state index in [0.717, 1.165) is 0 Å². The van der Waals surface area contributed by atoms with E-state index < -0.39 is 37.8 Å². The van der Waals surface area contributed by atoms with Crippen molar-refractivity contribution < 1.29 is 46.4 Å². The molecule has 0 spiro atoms. The highest BCUT2D eigenvalue weighted by molar-refractivity contribution is 7.86. The predicted molar refractivity (Wildman–Crippen MR) is 245 cm³/mol. The third kappa shape index (κ3) is 13.2. The van der Waals surface area contributed by atoms with Gasteiger partial charge in [-0.3, -0.25) is 9.11 Å². The Morgan fingerprint density at radius 3 is 1.67 bits per heavy atom. The van der Waals surface area contributed by atoms with E-state index in [1.54, 1.807) is 59.5 Å². The summed E-state index contributed by atoms with van der Waals surface area (Å²) in [5, 5.41) is 54.3. The van der Waals surface area contributed by atoms with E-state index in [1.165, 1.54) is 42.5 Å². The fourth-order valence-electron chi connectivity index (χ4n) is 6.35. The van der Waals surface area contributed by atoms with Gasteiger partial charge < -0.3 is 51.9 Å². The molecule has 21 heteroatoms. The first kappa shape index (κ1) is 47.0. The molecule has 1 aromatic heterocycles. The summed E-state index contributed by atoms with van der Waals surface area (Å²) < 4.78 is 68.0. The van der Waals surface area contributed by atoms with Gasteiger partial charge in [-0.05, 0) is 90.0 Å². The number of hydrogen-bond acceptors (Lipinski definition) is 17. The summed E-state index contributed by atoms with van der Waals surface area (Å²) in [5.41, 5.74) is 4.90. The Morgan fingerprint density at radius 1 is 0.562 bits per heavy atom. The SMILES string of the molecule is O=S(=O)(O)c1ccc(Nc2cc(Nc3ccc(C=Cc4ccc(Nc5nc(Nc6ccccc6)nc(C(CO)NCCO)n5)cc4S(=O)(=O)O)cc3)cc(N(CCO)CCO)c2)cc1. The predicted octanol–water partition coefficient (Wildman–Crippen LogP) is 4.92. The fourth-order valence-corrected chi connectivity index (χ4v) is 7.54. The quantitative estimate of drug-likeness (QED) is 0.0318. The Bertz CT molecular complexity index is 2740. The maximum atomic E-state index is 12.7. The lowest BCUT2D eigenvalue weighted by molar-refractivity contribution is 0.223. The van der Waals surface area contributed by atoms with E-state index in [0.29, 0.717) is 39.7 Å². The monoisotopic (exact) mass is 913 g/mol. The first-order valence-electron chi connectivity index (χ1n) is 19.7. The third-order valence-corrected chi connectivity index (χ3v) is 11.1. The summed E-state index contributed by atoms with van der Waals surface area (Å²) in [4.78, 5) is 14.4. The minimum atomic E-state index is -4.73. The van der Waals surface area contributed by atoms with Crippen LogP contribution in [-0.2, 0) is 20.2 Å². The van der Waals surface area contributed by atoms with Gasteiger partial charge in [0.2, 0.25) is 11.9 Å². The van der Waals surface area contributed by atoms with Gasteiger partial charge in [-0.2, -0.15) is 31.8 Å². The molecule has 11 N–H and O–H groups in total. The highest BCUT2D eigenvalue weighted by atomic mass is 32.2. The molecule has 1 unspecified atom stereocenters. The molecule has 0 saturated carbocycles. The minimum absolute atomic E-state index is 0.00544. The highest BCUT2D eigenvalue weighted by Crippen LogP contribution is 2.31. The largest absolute Gasteiger partial charge is 0.395 e. The number of aliphatic hydroxyl groups excluding tert-OH is 4. The van der Waals surface area contributed by atoms with E-state index in [9.17, 15) is 46.4 Å². The number of aromatic nitrogens is 3. The summed E-state index contributed by atoms with van der Waals surface area (Å²) in [6, 6.07) is 30.8. The molecule has 0 aliphatic carbocycles. The van der Waals surface area contributed by atoms with Gasteiger partial charge in [-0.1, -0.05) is 48.6 Å². The van der Waals surface area contributed by atoms with Crippen molar-refractivity contribution in [2.75, 3.05) is 72.2 Å². The van der Waals surface area contributed by atoms with Gasteiger partial charge in [-0.15, -0.1) is 0 Å². The molecule has 6 aromatic rings. The molecule has 1 atom stereocenters. The summed E-state index contributed by atoms with van der Waals surface area (Å²) in [6.07, 6.45) is 3.21. The van der Waals surface area contributed by atoms with Crippen molar-refractivity contribution in [3.8, 4) is 0 Å². The average molecular weight is 914 g/mol. The van der Waals surface area contributed by atoms with Crippen LogP contribution in [-0.4, -0.2) is 107 Å². The Kier molecular flexibility index (Phi) is 15.9. The van der Waals surface area contributed by atoms with Crippen LogP contribution in [0.1, 0.15) is 23.0 Å². The lowest BCUT2D eigenvalue weighted by Crippen LogP contribution is -2.29. The normalized spacial score (nSPS) is 12.2. The van der Waals surface area contributed by atoms with Crippen molar-refractivity contribution in [2.45, 2.75) is 15.8 Å². The molecule has 336 valence electrons. The molecule has 64 heavy (non-hydrogen) atoms. The van der Waals surface area contributed by atoms with E-state index in [-0.39, 0.29) is 73.3 Å². The Labute approximate surface area is 369 Å². The van der Waals surface area contributed by atoms with Crippen molar-refractivity contribution in [1.82, 2.24) is 20.3 Å². The van der Waals surface area contributed by atoms with Crippen LogP contribution in [0.3, 0.4) is 0 Å². The molecular weight excluding hydrogens is 867 g/mol. The lowest BCUT2D eigenvalue weighted by atomic mass is 10.1. The zero-order valence-electron chi connectivity index (χ0n) is 34.1. The number of hydrogen-bond donors (Lipinski definition) is 11. The Hall–Kier alpha value is -6.53. The maximum absolute atomic E-state index is 12.7. The topological polar surface area (TPSA) is 292 Å². The molecule has 1 heterocycles. The van der Waals surface area contributed by atoms with Crippen LogP contribution in [0, 0.1) is 0 Å². The standard InChI is InChI=1S/C43H47N9O10S2/c53-21-18-44-39(28-56)41-49-42(47-31-4-2-1-3-5-31)51-43(50-41)48-34-13-10-30(40(27-34)64(60,61)62)9-6-29-7-11-32(12-8-29)45-35-24-36(26-37(25-35)52(19-22-54)20-23-55)46-33-14-16-38(17-15-33)63(57,58)59/h1-17,24-27,39,44-46,53-56H,18-23,28H2,(H,57,58,59)(H,60,61,62)(H2,47,48,49,50,51). The second-order valence-electron chi connectivity index (χ2n) is 14.0. The van der Waals surface area contributed by atoms with E-state index >= 15 is 0 Å². The second-order valence-corrected chi connectivity index (χ2v) is 16.8. The van der Waals surface area contributed by atoms with Crippen molar-refractivity contribution in [3.05, 3.63) is 132 Å². The van der Waals surface area contributed by atoms with Crippen molar-refractivity contribution in [2.24, 2.45) is 0 Å². The number of aliphatic hydroxyl groups is 4. The summed E-state index contributed by atoms with van der Waals surface area (Å²) in [7, 11) is -9.10. The molecule has 19 nitrogen and oxygen atoms in total. The molecule has 0 bridgehead atoms. The van der Waals surface area contributed by atoms with Crippen LogP contribution in [0.4, 0.5) is 51.7 Å². The molecule has 5 aromatic carbocycles. The van der Waals surface area contributed by atoms with Crippen molar-refractivity contribution in [1.29, 1.82) is 0 Å². The van der Waals surface area contributed by atoms with Crippen molar-refractivity contribution in [3.63, 3.8) is 0 Å². The van der Waals surface area contributed by atoms with Gasteiger partial charge in [0.1, 0.15) is 4.90 Å². The molecule has 0 aliphatic rings. The number of para-hydroxylation sites is 1. The van der Waals surface area contributed by atoms with Crippen LogP contribution in [0.5, 0.6) is 0 Å². The number of benzene rings is 5. The van der Waals surface area contributed by atoms with Crippen LogP contribution in [0.2, 0.25) is 0 Å². The van der Waals surface area contributed by atoms with Crippen LogP contribution < -0.4 is 31.5 Å². The number of nitrogens with zero attached hydrogens (tertiary/aromatic N) is 4. The van der Waals surface area contributed by atoms with Gasteiger partial charge in [0.05, 0.1) is 37.4 Å². The van der Waals surface area contributed by atoms with Gasteiger partial charge in [-0.25, -0.2) is 0 Å². The minimum Gasteiger partial charge on any atom is -0.395 e. The highest BCUT2D eigenvalue weighted by Gasteiger charge is 2.19. The lowest BCUT2D eigenvalue weighted by Gasteiger charge is -2.25. The first-order valence-corrected chi connectivity index (χ1v) is 22.6. The van der Waals surface area contributed by atoms with Crippen LogP contribution in [0.25, 0.3) is 12.2 Å². The van der Waals surface area contributed by atoms with E-state index in [4.69, 9.17) is 0 Å². The van der Waals surface area contributed by atoms with E-state index in [1.807, 2.05) is 30.3 Å². The molecule has 0 saturated heterocycles. The molecule has 0 fully saturated rings. The molecule has 6 rings (SSSR count). The van der Waals surface area contributed by atoms with Gasteiger partial charge in [0.15, 0.2) is 5.82 Å². The first-order chi connectivity index (χ1) is 30.7. The number of nitrogens with one attached hydrogen (secondary N) is 5. The van der Waals surface area contributed by atoms with Crippen LogP contribution >= 0.6 is 0 Å².